The summed E-state index contributed by atoms with van der Waals surface area (Å²) in [6.07, 6.45) is 0. The third kappa shape index (κ3) is 3.10. The molecule has 0 fully saturated rings. The van der Waals surface area contributed by atoms with Crippen molar-refractivity contribution in [2.45, 2.75) is 0 Å². The monoisotopic (exact) mass is 363 g/mol. The maximum absolute atomic E-state index is 6.27. The third-order valence-corrected chi connectivity index (χ3v) is 4.80. The van der Waals surface area contributed by atoms with Crippen LogP contribution in [0.5, 0.6) is 11.5 Å². The number of fused-ring (bicyclic) bond motifs is 3. The standard InChI is InChI=1S/C24H18BNO2/c1-3-10-18(11-4-1)27-25(28-19-12-5-2-6-13-19)22-16-9-15-21-20-14-7-8-17-23(20)26-24(21)22/h1-17,26H. The van der Waals surface area contributed by atoms with Gasteiger partial charge in [-0.15, -0.1) is 0 Å². The molecule has 0 aliphatic heterocycles. The van der Waals surface area contributed by atoms with Gasteiger partial charge in [-0.1, -0.05) is 72.8 Å². The van der Waals surface area contributed by atoms with Gasteiger partial charge in [-0.2, -0.15) is 0 Å². The lowest BCUT2D eigenvalue weighted by Crippen LogP contribution is -2.43. The first-order valence-corrected chi connectivity index (χ1v) is 9.31. The molecule has 28 heavy (non-hydrogen) atoms. The van der Waals surface area contributed by atoms with Crippen LogP contribution in [0.4, 0.5) is 0 Å². The molecular weight excluding hydrogens is 345 g/mol. The lowest BCUT2D eigenvalue weighted by molar-refractivity contribution is 0.439. The van der Waals surface area contributed by atoms with Gasteiger partial charge in [0.15, 0.2) is 0 Å². The average molecular weight is 363 g/mol. The molecule has 4 aromatic carbocycles. The van der Waals surface area contributed by atoms with Crippen LogP contribution >= 0.6 is 0 Å². The van der Waals surface area contributed by atoms with Gasteiger partial charge in [0.1, 0.15) is 11.5 Å². The van der Waals surface area contributed by atoms with Crippen LogP contribution in [-0.2, 0) is 0 Å². The van der Waals surface area contributed by atoms with Gasteiger partial charge in [-0.05, 0) is 30.3 Å². The Hall–Kier alpha value is -3.66. The van der Waals surface area contributed by atoms with E-state index in [2.05, 4.69) is 29.2 Å². The van der Waals surface area contributed by atoms with Crippen molar-refractivity contribution in [2.75, 3.05) is 0 Å². The smallest absolute Gasteiger partial charge is 0.522 e. The fraction of sp³-hybridized carbons (Fsp3) is 0. The number of rotatable bonds is 5. The first kappa shape index (κ1) is 16.5. The van der Waals surface area contributed by atoms with Crippen molar-refractivity contribution in [3.63, 3.8) is 0 Å². The van der Waals surface area contributed by atoms with Crippen LogP contribution in [0.3, 0.4) is 0 Å². The first-order valence-electron chi connectivity index (χ1n) is 9.31. The van der Waals surface area contributed by atoms with Gasteiger partial charge in [-0.25, -0.2) is 0 Å². The highest BCUT2D eigenvalue weighted by Gasteiger charge is 2.29. The number of nitrogens with one attached hydrogen (secondary N) is 1. The summed E-state index contributed by atoms with van der Waals surface area (Å²) in [7, 11) is -0.582. The van der Waals surface area contributed by atoms with E-state index in [1.807, 2.05) is 78.9 Å². The van der Waals surface area contributed by atoms with Gasteiger partial charge < -0.3 is 14.3 Å². The summed E-state index contributed by atoms with van der Waals surface area (Å²) in [5.74, 6) is 1.52. The second-order valence-electron chi connectivity index (χ2n) is 6.63. The molecular formula is C24H18BNO2. The molecule has 0 aliphatic rings. The minimum absolute atomic E-state index is 0.582. The second kappa shape index (κ2) is 7.16. The van der Waals surface area contributed by atoms with Gasteiger partial charge in [0.2, 0.25) is 0 Å². The molecule has 0 saturated carbocycles. The second-order valence-corrected chi connectivity index (χ2v) is 6.63. The van der Waals surface area contributed by atoms with Crippen molar-refractivity contribution in [2.24, 2.45) is 0 Å². The van der Waals surface area contributed by atoms with E-state index in [9.17, 15) is 0 Å². The van der Waals surface area contributed by atoms with Crippen LogP contribution in [0.1, 0.15) is 0 Å². The van der Waals surface area contributed by atoms with E-state index in [-0.39, 0.29) is 0 Å². The summed E-state index contributed by atoms with van der Waals surface area (Å²) in [5.41, 5.74) is 3.09. The van der Waals surface area contributed by atoms with E-state index < -0.39 is 7.12 Å². The molecule has 5 rings (SSSR count). The fourth-order valence-electron chi connectivity index (χ4n) is 3.49. The molecule has 3 nitrogen and oxygen atoms in total. The highest BCUT2D eigenvalue weighted by atomic mass is 16.6. The molecule has 0 unspecified atom stereocenters. The first-order chi connectivity index (χ1) is 13.9. The van der Waals surface area contributed by atoms with Gasteiger partial charge in [-0.3, -0.25) is 0 Å². The minimum Gasteiger partial charge on any atom is -0.522 e. The van der Waals surface area contributed by atoms with Crippen LogP contribution in [0.15, 0.2) is 103 Å². The molecule has 0 aliphatic carbocycles. The topological polar surface area (TPSA) is 34.2 Å². The van der Waals surface area contributed by atoms with Gasteiger partial charge >= 0.3 is 7.12 Å². The molecule has 4 heteroatoms. The number of H-pyrrole nitrogens is 1. The highest BCUT2D eigenvalue weighted by molar-refractivity contribution is 6.65. The Labute approximate surface area is 163 Å². The Morgan fingerprint density at radius 2 is 1.11 bits per heavy atom. The molecule has 0 bridgehead atoms. The van der Waals surface area contributed by atoms with Gasteiger partial charge in [0.25, 0.3) is 0 Å². The maximum atomic E-state index is 6.27. The summed E-state index contributed by atoms with van der Waals surface area (Å²) in [5, 5.41) is 2.35. The molecule has 0 atom stereocenters. The predicted molar refractivity (Wildman–Crippen MR) is 115 cm³/mol. The van der Waals surface area contributed by atoms with Crippen molar-refractivity contribution in [3.05, 3.63) is 103 Å². The Balaban J connectivity index is 1.63. The number of aromatic nitrogens is 1. The van der Waals surface area contributed by atoms with Crippen molar-refractivity contribution in [1.29, 1.82) is 0 Å². The fourth-order valence-corrected chi connectivity index (χ4v) is 3.49. The van der Waals surface area contributed by atoms with Crippen molar-refractivity contribution in [3.8, 4) is 11.5 Å². The zero-order valence-electron chi connectivity index (χ0n) is 15.2. The maximum Gasteiger partial charge on any atom is 0.634 e. The summed E-state index contributed by atoms with van der Waals surface area (Å²) in [6, 6.07) is 34.1. The number of hydrogen-bond donors (Lipinski definition) is 1. The van der Waals surface area contributed by atoms with Crippen molar-refractivity contribution in [1.82, 2.24) is 4.98 Å². The molecule has 0 saturated heterocycles. The average Bonchev–Trinajstić information content (AvgIpc) is 3.14. The van der Waals surface area contributed by atoms with Crippen LogP contribution in [-0.4, -0.2) is 12.1 Å². The van der Waals surface area contributed by atoms with E-state index in [0.717, 1.165) is 33.4 Å². The summed E-state index contributed by atoms with van der Waals surface area (Å²) in [6.45, 7) is 0. The quantitative estimate of drug-likeness (QED) is 0.437. The SMILES string of the molecule is c1ccc(OB(Oc2ccccc2)c2cccc3c2[nH]c2ccccc23)cc1. The van der Waals surface area contributed by atoms with E-state index in [4.69, 9.17) is 9.31 Å². The van der Waals surface area contributed by atoms with E-state index in [0.29, 0.717) is 0 Å². The van der Waals surface area contributed by atoms with Crippen molar-refractivity contribution < 1.29 is 9.31 Å². The minimum atomic E-state index is -0.582. The number of aromatic amines is 1. The highest BCUT2D eigenvalue weighted by Crippen LogP contribution is 2.25. The van der Waals surface area contributed by atoms with E-state index in [1.54, 1.807) is 0 Å². The normalized spacial score (nSPS) is 10.9. The largest absolute Gasteiger partial charge is 0.634 e. The van der Waals surface area contributed by atoms with Crippen LogP contribution in [0.25, 0.3) is 21.8 Å². The van der Waals surface area contributed by atoms with Crippen molar-refractivity contribution >= 4 is 34.4 Å². The van der Waals surface area contributed by atoms with Crippen LogP contribution < -0.4 is 14.8 Å². The molecule has 1 aromatic heterocycles. The van der Waals surface area contributed by atoms with Crippen LogP contribution in [0.2, 0.25) is 0 Å². The summed E-state index contributed by atoms with van der Waals surface area (Å²) in [4.78, 5) is 3.54. The molecule has 0 radical (unpaired) electrons. The molecule has 1 N–H and O–H groups in total. The zero-order valence-corrected chi connectivity index (χ0v) is 15.2. The van der Waals surface area contributed by atoms with Crippen LogP contribution in [0, 0.1) is 0 Å². The molecule has 1 heterocycles. The third-order valence-electron chi connectivity index (χ3n) is 4.80. The Bertz CT molecular complexity index is 1180. The zero-order chi connectivity index (χ0) is 18.8. The van der Waals surface area contributed by atoms with Gasteiger partial charge in [0, 0.05) is 27.3 Å². The number of para-hydroxylation sites is 4. The van der Waals surface area contributed by atoms with E-state index >= 15 is 0 Å². The van der Waals surface area contributed by atoms with E-state index in [1.165, 1.54) is 5.39 Å². The van der Waals surface area contributed by atoms with Gasteiger partial charge in [0.05, 0.1) is 0 Å². The molecule has 0 amide bonds. The summed E-state index contributed by atoms with van der Waals surface area (Å²) >= 11 is 0. The lowest BCUT2D eigenvalue weighted by atomic mass is 9.77. The Morgan fingerprint density at radius 3 is 1.79 bits per heavy atom. The lowest BCUT2D eigenvalue weighted by Gasteiger charge is -2.17. The Kier molecular flexibility index (Phi) is 4.22. The number of benzene rings is 4. The Morgan fingerprint density at radius 1 is 0.536 bits per heavy atom. The molecule has 0 spiro atoms. The molecule has 134 valence electrons. The predicted octanol–water partition coefficient (Wildman–Crippen LogP) is 5.17. The molecule has 5 aromatic rings. The summed E-state index contributed by atoms with van der Waals surface area (Å²) < 4.78 is 12.5. The number of hydrogen-bond acceptors (Lipinski definition) is 2.